The lowest BCUT2D eigenvalue weighted by Crippen LogP contribution is -2.30. The van der Waals surface area contributed by atoms with Gasteiger partial charge in [-0.25, -0.2) is 0 Å². The Kier molecular flexibility index (Phi) is 40.3. The summed E-state index contributed by atoms with van der Waals surface area (Å²) in [7, 11) is 0. The summed E-state index contributed by atoms with van der Waals surface area (Å²) in [6.07, 6.45) is 59.0. The van der Waals surface area contributed by atoms with E-state index in [1.807, 2.05) is 60.8 Å². The molecule has 0 aromatic carbocycles. The van der Waals surface area contributed by atoms with Crippen molar-refractivity contribution < 1.29 is 28.6 Å². The number of ether oxygens (including phenoxy) is 3. The van der Waals surface area contributed by atoms with E-state index in [2.05, 4.69) is 81.5 Å². The van der Waals surface area contributed by atoms with Gasteiger partial charge < -0.3 is 14.2 Å². The van der Waals surface area contributed by atoms with Crippen LogP contribution in [-0.4, -0.2) is 37.2 Å². The second-order valence-corrected chi connectivity index (χ2v) is 13.6. The quantitative estimate of drug-likeness (QED) is 0.0207. The van der Waals surface area contributed by atoms with Crippen LogP contribution in [0.1, 0.15) is 156 Å². The Morgan fingerprint density at radius 2 is 0.750 bits per heavy atom. The zero-order valence-corrected chi connectivity index (χ0v) is 35.3. The number of hydrogen-bond donors (Lipinski definition) is 0. The lowest BCUT2D eigenvalue weighted by molar-refractivity contribution is -0.167. The normalized spacial score (nSPS) is 13.3. The number of allylic oxidation sites excluding steroid dienone is 20. The van der Waals surface area contributed by atoms with Crippen LogP contribution in [0.4, 0.5) is 0 Å². The summed E-state index contributed by atoms with van der Waals surface area (Å²) in [5.74, 6) is -1.05. The molecule has 1 atom stereocenters. The average Bonchev–Trinajstić information content (AvgIpc) is 3.19. The highest BCUT2D eigenvalue weighted by Gasteiger charge is 2.19. The molecule has 0 bridgehead atoms. The minimum atomic E-state index is -0.824. The molecular weight excluding hydrogens is 697 g/mol. The van der Waals surface area contributed by atoms with Gasteiger partial charge in [0.05, 0.1) is 0 Å². The topological polar surface area (TPSA) is 78.9 Å². The summed E-state index contributed by atoms with van der Waals surface area (Å²) in [6.45, 7) is 6.11. The lowest BCUT2D eigenvalue weighted by Gasteiger charge is -2.18. The van der Waals surface area contributed by atoms with Crippen molar-refractivity contribution in [1.29, 1.82) is 0 Å². The summed E-state index contributed by atoms with van der Waals surface area (Å²) in [5, 5.41) is 0. The smallest absolute Gasteiger partial charge is 0.306 e. The largest absolute Gasteiger partial charge is 0.462 e. The van der Waals surface area contributed by atoms with Crippen molar-refractivity contribution >= 4 is 17.9 Å². The number of esters is 3. The Labute approximate surface area is 342 Å². The second-order valence-electron chi connectivity index (χ2n) is 13.6. The monoisotopic (exact) mass is 773 g/mol. The maximum absolute atomic E-state index is 12.7. The summed E-state index contributed by atoms with van der Waals surface area (Å²) >= 11 is 0. The Bertz CT molecular complexity index is 1260. The number of rotatable bonds is 36. The van der Waals surface area contributed by atoms with E-state index in [-0.39, 0.29) is 44.0 Å². The molecule has 0 fully saturated rings. The molecule has 6 nitrogen and oxygen atoms in total. The van der Waals surface area contributed by atoms with Crippen molar-refractivity contribution in [2.45, 2.75) is 162 Å². The standard InChI is InChI=1S/C50H76O6/c1-4-7-10-13-16-19-22-25-28-31-34-37-40-43-49(52)55-46-47(45-54-48(51)42-39-36-33-30-27-24-21-18-15-12-9-6-3)56-50(53)44-41-38-35-32-29-26-23-20-17-14-11-8-5-2/h7-14,16-23,25,28,31,34,47H,4-6,15,24,26-27,29-30,32-33,35-46H2,1-3H3/b10-7-,11-8-,12-9-,16-13-,17-14-,21-18-,22-19-,23-20-,28-25-,34-31-. The summed E-state index contributed by atoms with van der Waals surface area (Å²) in [6, 6.07) is 0. The van der Waals surface area contributed by atoms with Gasteiger partial charge in [-0.05, 0) is 77.0 Å². The fourth-order valence-electron chi connectivity index (χ4n) is 5.21. The molecule has 0 saturated carbocycles. The molecule has 6 heteroatoms. The van der Waals surface area contributed by atoms with Crippen molar-refractivity contribution in [2.75, 3.05) is 13.2 Å². The van der Waals surface area contributed by atoms with Crippen molar-refractivity contribution in [3.05, 3.63) is 122 Å². The molecule has 0 amide bonds. The Hall–Kier alpha value is -4.19. The predicted octanol–water partition coefficient (Wildman–Crippen LogP) is 13.8. The van der Waals surface area contributed by atoms with Crippen LogP contribution in [0, 0.1) is 0 Å². The van der Waals surface area contributed by atoms with Crippen LogP contribution in [0.15, 0.2) is 122 Å². The van der Waals surface area contributed by atoms with Crippen LogP contribution < -0.4 is 0 Å². The predicted molar refractivity (Wildman–Crippen MR) is 237 cm³/mol. The van der Waals surface area contributed by atoms with Crippen molar-refractivity contribution in [3.63, 3.8) is 0 Å². The van der Waals surface area contributed by atoms with E-state index in [1.54, 1.807) is 0 Å². The van der Waals surface area contributed by atoms with E-state index >= 15 is 0 Å². The van der Waals surface area contributed by atoms with Gasteiger partial charge in [0.1, 0.15) is 13.2 Å². The molecular formula is C50H76O6. The SMILES string of the molecule is CC\C=C/C=C\C=C/C=C\C=C/CCCC(=O)OCC(COC(=O)CCCCCCC/C=C\C/C=C\CC)OC(=O)CCCCCCC\C=C/C=C\C=C/CC. The van der Waals surface area contributed by atoms with Crippen molar-refractivity contribution in [1.82, 2.24) is 0 Å². The zero-order chi connectivity index (χ0) is 40.8. The fourth-order valence-corrected chi connectivity index (χ4v) is 5.21. The molecule has 56 heavy (non-hydrogen) atoms. The molecule has 0 aliphatic carbocycles. The molecule has 0 heterocycles. The van der Waals surface area contributed by atoms with E-state index in [1.165, 1.54) is 0 Å². The first-order valence-corrected chi connectivity index (χ1v) is 21.6. The Balaban J connectivity index is 4.59. The molecule has 0 spiro atoms. The van der Waals surface area contributed by atoms with Gasteiger partial charge in [0.25, 0.3) is 0 Å². The highest BCUT2D eigenvalue weighted by atomic mass is 16.6. The molecule has 0 aromatic rings. The van der Waals surface area contributed by atoms with Crippen LogP contribution >= 0.6 is 0 Å². The van der Waals surface area contributed by atoms with Crippen molar-refractivity contribution in [2.24, 2.45) is 0 Å². The number of unbranched alkanes of at least 4 members (excludes halogenated alkanes) is 11. The van der Waals surface area contributed by atoms with E-state index in [4.69, 9.17) is 14.2 Å². The summed E-state index contributed by atoms with van der Waals surface area (Å²) in [5.41, 5.74) is 0. The van der Waals surface area contributed by atoms with Gasteiger partial charge in [-0.1, -0.05) is 181 Å². The van der Waals surface area contributed by atoms with Gasteiger partial charge in [0, 0.05) is 19.3 Å². The number of carbonyl (C=O) groups is 3. The molecule has 312 valence electrons. The molecule has 0 aromatic heterocycles. The van der Waals surface area contributed by atoms with Crippen molar-refractivity contribution in [3.8, 4) is 0 Å². The highest BCUT2D eigenvalue weighted by molar-refractivity contribution is 5.71. The number of carbonyl (C=O) groups excluding carboxylic acids is 3. The molecule has 0 saturated heterocycles. The minimum Gasteiger partial charge on any atom is -0.462 e. The van der Waals surface area contributed by atoms with Crippen LogP contribution in [0.5, 0.6) is 0 Å². The zero-order valence-electron chi connectivity index (χ0n) is 35.3. The molecule has 0 rings (SSSR count). The van der Waals surface area contributed by atoms with Gasteiger partial charge in [0.2, 0.25) is 0 Å². The molecule has 0 radical (unpaired) electrons. The number of hydrogen-bond acceptors (Lipinski definition) is 6. The van der Waals surface area contributed by atoms with Gasteiger partial charge in [0.15, 0.2) is 6.10 Å². The third-order valence-electron chi connectivity index (χ3n) is 8.38. The van der Waals surface area contributed by atoms with E-state index in [9.17, 15) is 14.4 Å². The van der Waals surface area contributed by atoms with Crippen LogP contribution in [0.25, 0.3) is 0 Å². The van der Waals surface area contributed by atoms with Crippen LogP contribution in [-0.2, 0) is 28.6 Å². The lowest BCUT2D eigenvalue weighted by atomic mass is 10.1. The van der Waals surface area contributed by atoms with Crippen LogP contribution in [0.2, 0.25) is 0 Å². The van der Waals surface area contributed by atoms with E-state index < -0.39 is 6.10 Å². The highest BCUT2D eigenvalue weighted by Crippen LogP contribution is 2.12. The van der Waals surface area contributed by atoms with Gasteiger partial charge in [-0.2, -0.15) is 0 Å². The minimum absolute atomic E-state index is 0.121. The molecule has 0 N–H and O–H groups in total. The summed E-state index contributed by atoms with van der Waals surface area (Å²) in [4.78, 5) is 37.7. The summed E-state index contributed by atoms with van der Waals surface area (Å²) < 4.78 is 16.6. The van der Waals surface area contributed by atoms with Gasteiger partial charge >= 0.3 is 17.9 Å². The first-order chi connectivity index (χ1) is 27.5. The Morgan fingerprint density at radius 3 is 1.27 bits per heavy atom. The van der Waals surface area contributed by atoms with E-state index in [0.29, 0.717) is 12.8 Å². The van der Waals surface area contributed by atoms with Gasteiger partial charge in [-0.15, -0.1) is 0 Å². The first-order valence-electron chi connectivity index (χ1n) is 21.6. The Morgan fingerprint density at radius 1 is 0.375 bits per heavy atom. The van der Waals surface area contributed by atoms with Crippen LogP contribution in [0.3, 0.4) is 0 Å². The fraction of sp³-hybridized carbons (Fsp3) is 0.540. The van der Waals surface area contributed by atoms with Gasteiger partial charge in [-0.3, -0.25) is 14.4 Å². The van der Waals surface area contributed by atoms with E-state index in [0.717, 1.165) is 109 Å². The maximum atomic E-state index is 12.7. The average molecular weight is 773 g/mol. The molecule has 0 aliphatic heterocycles. The molecule has 0 aliphatic rings. The second kappa shape index (κ2) is 43.5. The first kappa shape index (κ1) is 51.8. The third-order valence-corrected chi connectivity index (χ3v) is 8.38. The third kappa shape index (κ3) is 41.0. The maximum Gasteiger partial charge on any atom is 0.306 e. The molecule has 1 unspecified atom stereocenters.